The van der Waals surface area contributed by atoms with Gasteiger partial charge in [-0.05, 0) is 11.6 Å². The molecule has 0 fully saturated rings. The van der Waals surface area contributed by atoms with Gasteiger partial charge in [-0.25, -0.2) is 0 Å². The molecule has 0 unspecified atom stereocenters. The second-order valence-corrected chi connectivity index (χ2v) is 3.24. The van der Waals surface area contributed by atoms with Crippen molar-refractivity contribution in [1.29, 1.82) is 0 Å². The van der Waals surface area contributed by atoms with Crippen LogP contribution in [-0.2, 0) is 4.79 Å². The molecule has 0 bridgehead atoms. The molecule has 0 aliphatic rings. The lowest BCUT2D eigenvalue weighted by Gasteiger charge is -2.00. The summed E-state index contributed by atoms with van der Waals surface area (Å²) in [6.45, 7) is 0. The van der Waals surface area contributed by atoms with E-state index in [1.54, 1.807) is 25.2 Å². The van der Waals surface area contributed by atoms with Gasteiger partial charge in [0.2, 0.25) is 0 Å². The van der Waals surface area contributed by atoms with Crippen molar-refractivity contribution in [2.24, 2.45) is 5.10 Å². The Morgan fingerprint density at radius 1 is 1.27 bits per heavy atom. The zero-order chi connectivity index (χ0) is 11.1. The standard InChI is InChI=1S/C12H14N2O/c1-14(2)13-10-12(15)9-8-11-6-4-3-5-7-11/h3-10H,1-2H3/b9-8+,13-10+. The highest BCUT2D eigenvalue weighted by Crippen LogP contribution is 2.00. The fraction of sp³-hybridized carbons (Fsp3) is 0.167. The first-order valence-corrected chi connectivity index (χ1v) is 4.67. The van der Waals surface area contributed by atoms with Crippen LogP contribution in [0.5, 0.6) is 0 Å². The van der Waals surface area contributed by atoms with E-state index in [1.807, 2.05) is 30.3 Å². The molecule has 0 saturated heterocycles. The number of nitrogens with zero attached hydrogens (tertiary/aromatic N) is 2. The third-order valence-electron chi connectivity index (χ3n) is 1.66. The number of carbonyl (C=O) groups is 1. The van der Waals surface area contributed by atoms with E-state index < -0.39 is 0 Å². The Balaban J connectivity index is 2.55. The molecular formula is C12H14N2O. The first-order valence-electron chi connectivity index (χ1n) is 4.67. The Labute approximate surface area is 89.7 Å². The van der Waals surface area contributed by atoms with Crippen LogP contribution in [0.1, 0.15) is 5.56 Å². The minimum atomic E-state index is -0.118. The minimum Gasteiger partial charge on any atom is -0.303 e. The van der Waals surface area contributed by atoms with Gasteiger partial charge in [0.05, 0.1) is 6.21 Å². The van der Waals surface area contributed by atoms with Crippen molar-refractivity contribution in [3.63, 3.8) is 0 Å². The topological polar surface area (TPSA) is 32.7 Å². The van der Waals surface area contributed by atoms with Crippen molar-refractivity contribution in [3.8, 4) is 0 Å². The van der Waals surface area contributed by atoms with E-state index >= 15 is 0 Å². The molecule has 0 aromatic heterocycles. The van der Waals surface area contributed by atoms with Gasteiger partial charge >= 0.3 is 0 Å². The molecule has 0 N–H and O–H groups in total. The summed E-state index contributed by atoms with van der Waals surface area (Å²) in [7, 11) is 3.54. The molecule has 1 aromatic carbocycles. The molecule has 0 atom stereocenters. The van der Waals surface area contributed by atoms with Gasteiger partial charge in [0.1, 0.15) is 0 Å². The summed E-state index contributed by atoms with van der Waals surface area (Å²) in [6.07, 6.45) is 4.56. The van der Waals surface area contributed by atoms with Crippen LogP contribution < -0.4 is 0 Å². The van der Waals surface area contributed by atoms with Crippen LogP contribution in [0.2, 0.25) is 0 Å². The Bertz CT molecular complexity index is 366. The summed E-state index contributed by atoms with van der Waals surface area (Å²) < 4.78 is 0. The molecule has 0 radical (unpaired) electrons. The van der Waals surface area contributed by atoms with E-state index in [2.05, 4.69) is 5.10 Å². The predicted molar refractivity (Wildman–Crippen MR) is 62.7 cm³/mol. The van der Waals surface area contributed by atoms with Crippen LogP contribution in [0.4, 0.5) is 0 Å². The van der Waals surface area contributed by atoms with Gasteiger partial charge in [-0.3, -0.25) is 4.79 Å². The van der Waals surface area contributed by atoms with Crippen molar-refractivity contribution < 1.29 is 4.79 Å². The Morgan fingerprint density at radius 3 is 2.53 bits per heavy atom. The fourth-order valence-electron chi connectivity index (χ4n) is 0.958. The van der Waals surface area contributed by atoms with Gasteiger partial charge in [-0.1, -0.05) is 36.4 Å². The third-order valence-corrected chi connectivity index (χ3v) is 1.66. The molecule has 1 aromatic rings. The van der Waals surface area contributed by atoms with E-state index in [0.29, 0.717) is 0 Å². The van der Waals surface area contributed by atoms with E-state index in [-0.39, 0.29) is 5.78 Å². The largest absolute Gasteiger partial charge is 0.303 e. The first-order chi connectivity index (χ1) is 7.18. The molecule has 15 heavy (non-hydrogen) atoms. The lowest BCUT2D eigenvalue weighted by atomic mass is 10.2. The van der Waals surface area contributed by atoms with Gasteiger partial charge in [0.15, 0.2) is 5.78 Å². The van der Waals surface area contributed by atoms with Gasteiger partial charge in [0, 0.05) is 14.1 Å². The molecule has 0 heterocycles. The molecule has 0 aliphatic carbocycles. The number of carbonyl (C=O) groups excluding carboxylic acids is 1. The molecule has 78 valence electrons. The summed E-state index contributed by atoms with van der Waals surface area (Å²) in [4.78, 5) is 11.3. The van der Waals surface area contributed by atoms with E-state index in [9.17, 15) is 4.79 Å². The average molecular weight is 202 g/mol. The number of hydrogen-bond donors (Lipinski definition) is 0. The third kappa shape index (κ3) is 4.76. The highest BCUT2D eigenvalue weighted by Gasteiger charge is 1.90. The molecule has 0 aliphatic heterocycles. The summed E-state index contributed by atoms with van der Waals surface area (Å²) in [5.41, 5.74) is 1.00. The number of ketones is 1. The number of benzene rings is 1. The molecule has 0 saturated carbocycles. The summed E-state index contributed by atoms with van der Waals surface area (Å²) >= 11 is 0. The quantitative estimate of drug-likeness (QED) is 0.424. The lowest BCUT2D eigenvalue weighted by molar-refractivity contribution is -0.108. The molecule has 3 nitrogen and oxygen atoms in total. The highest BCUT2D eigenvalue weighted by molar-refractivity contribution is 6.33. The minimum absolute atomic E-state index is 0.118. The van der Waals surface area contributed by atoms with Crippen molar-refractivity contribution >= 4 is 18.1 Å². The van der Waals surface area contributed by atoms with Crippen LogP contribution in [0.15, 0.2) is 41.5 Å². The summed E-state index contributed by atoms with van der Waals surface area (Å²) in [5.74, 6) is -0.118. The number of hydrogen-bond acceptors (Lipinski definition) is 3. The maximum Gasteiger partial charge on any atom is 0.198 e. The van der Waals surface area contributed by atoms with Gasteiger partial charge in [-0.15, -0.1) is 0 Å². The maximum absolute atomic E-state index is 11.3. The number of rotatable bonds is 4. The van der Waals surface area contributed by atoms with Crippen molar-refractivity contribution in [1.82, 2.24) is 5.01 Å². The maximum atomic E-state index is 11.3. The molecule has 0 spiro atoms. The molecule has 0 amide bonds. The van der Waals surface area contributed by atoms with Gasteiger partial charge in [0.25, 0.3) is 0 Å². The van der Waals surface area contributed by atoms with E-state index in [0.717, 1.165) is 5.56 Å². The fourth-order valence-corrected chi connectivity index (χ4v) is 0.958. The number of hydrazone groups is 1. The van der Waals surface area contributed by atoms with Crippen molar-refractivity contribution in [2.75, 3.05) is 14.1 Å². The van der Waals surface area contributed by atoms with E-state index in [1.165, 1.54) is 12.3 Å². The van der Waals surface area contributed by atoms with Gasteiger partial charge < -0.3 is 5.01 Å². The first kappa shape index (κ1) is 11.2. The smallest absolute Gasteiger partial charge is 0.198 e. The second-order valence-electron chi connectivity index (χ2n) is 3.24. The Hall–Kier alpha value is -1.90. The zero-order valence-corrected chi connectivity index (χ0v) is 8.92. The zero-order valence-electron chi connectivity index (χ0n) is 8.92. The van der Waals surface area contributed by atoms with Crippen molar-refractivity contribution in [2.45, 2.75) is 0 Å². The van der Waals surface area contributed by atoms with Crippen LogP contribution in [0.25, 0.3) is 6.08 Å². The second kappa shape index (κ2) is 5.75. The highest BCUT2D eigenvalue weighted by atomic mass is 16.1. The average Bonchev–Trinajstić information content (AvgIpc) is 2.25. The summed E-state index contributed by atoms with van der Waals surface area (Å²) in [5, 5.41) is 5.42. The normalized spacial score (nSPS) is 11.1. The van der Waals surface area contributed by atoms with Crippen LogP contribution >= 0.6 is 0 Å². The Morgan fingerprint density at radius 2 is 1.93 bits per heavy atom. The molecular weight excluding hydrogens is 188 g/mol. The summed E-state index contributed by atoms with van der Waals surface area (Å²) in [6, 6.07) is 9.67. The Kier molecular flexibility index (Phi) is 4.29. The molecule has 1 rings (SSSR count). The predicted octanol–water partition coefficient (Wildman–Crippen LogP) is 1.82. The van der Waals surface area contributed by atoms with Gasteiger partial charge in [-0.2, -0.15) is 5.10 Å². The van der Waals surface area contributed by atoms with Crippen LogP contribution in [0, 0.1) is 0 Å². The monoisotopic (exact) mass is 202 g/mol. The SMILES string of the molecule is CN(C)/N=C/C(=O)/C=C/c1ccccc1. The molecule has 3 heteroatoms. The van der Waals surface area contributed by atoms with E-state index in [4.69, 9.17) is 0 Å². The van der Waals surface area contributed by atoms with Crippen LogP contribution in [-0.4, -0.2) is 31.1 Å². The number of allylic oxidation sites excluding steroid dienone is 1. The lowest BCUT2D eigenvalue weighted by Crippen LogP contribution is -2.05. The van der Waals surface area contributed by atoms with Crippen LogP contribution in [0.3, 0.4) is 0 Å². The van der Waals surface area contributed by atoms with Crippen molar-refractivity contribution in [3.05, 3.63) is 42.0 Å².